The van der Waals surface area contributed by atoms with Crippen molar-refractivity contribution in [2.45, 2.75) is 32.4 Å². The molecule has 0 saturated carbocycles. The number of nitrogens with one attached hydrogen (secondary N) is 1. The fourth-order valence-electron chi connectivity index (χ4n) is 1.39. The predicted molar refractivity (Wildman–Crippen MR) is 53.2 cm³/mol. The zero-order valence-electron chi connectivity index (χ0n) is 9.04. The lowest BCUT2D eigenvalue weighted by Gasteiger charge is -2.27. The summed E-state index contributed by atoms with van der Waals surface area (Å²) < 4.78 is 10.2. The summed E-state index contributed by atoms with van der Waals surface area (Å²) in [7, 11) is 3.40. The summed E-state index contributed by atoms with van der Waals surface area (Å²) in [5.74, 6) is 5.90. The minimum Gasteiger partial charge on any atom is -0.385 e. The molecule has 3 N–H and O–H groups in total. The first kappa shape index (κ1) is 12.8. The van der Waals surface area contributed by atoms with Crippen LogP contribution in [0.5, 0.6) is 0 Å². The maximum absolute atomic E-state index is 5.45. The molecule has 3 unspecified atom stereocenters. The van der Waals surface area contributed by atoms with Gasteiger partial charge in [0.2, 0.25) is 0 Å². The molecule has 0 radical (unpaired) electrons. The first-order valence-electron chi connectivity index (χ1n) is 4.65. The van der Waals surface area contributed by atoms with E-state index in [0.29, 0.717) is 5.92 Å². The SMILES string of the molecule is COCCC(C)C(NN)C(C)OC. The van der Waals surface area contributed by atoms with Crippen molar-refractivity contribution in [2.24, 2.45) is 11.8 Å². The molecule has 0 fully saturated rings. The van der Waals surface area contributed by atoms with Gasteiger partial charge in [-0.25, -0.2) is 0 Å². The van der Waals surface area contributed by atoms with Crippen LogP contribution in [-0.2, 0) is 9.47 Å². The third-order valence-corrected chi connectivity index (χ3v) is 2.46. The standard InChI is InChI=1S/C9H22N2O2/c1-7(5-6-12-3)9(11-10)8(2)13-4/h7-9,11H,5-6,10H2,1-4H3. The lowest BCUT2D eigenvalue weighted by atomic mass is 9.95. The van der Waals surface area contributed by atoms with Crippen molar-refractivity contribution in [3.8, 4) is 0 Å². The van der Waals surface area contributed by atoms with Crippen LogP contribution in [0.25, 0.3) is 0 Å². The normalized spacial score (nSPS) is 18.2. The predicted octanol–water partition coefficient (Wildman–Crippen LogP) is 0.526. The Morgan fingerprint density at radius 3 is 2.31 bits per heavy atom. The number of hydrazine groups is 1. The molecule has 13 heavy (non-hydrogen) atoms. The third kappa shape index (κ3) is 4.57. The number of hydrogen-bond donors (Lipinski definition) is 2. The van der Waals surface area contributed by atoms with Crippen molar-refractivity contribution in [2.75, 3.05) is 20.8 Å². The Balaban J connectivity index is 3.90. The topological polar surface area (TPSA) is 56.5 Å². The first-order valence-corrected chi connectivity index (χ1v) is 4.65. The molecule has 0 aromatic heterocycles. The molecule has 0 aromatic rings. The highest BCUT2D eigenvalue weighted by atomic mass is 16.5. The van der Waals surface area contributed by atoms with E-state index in [-0.39, 0.29) is 12.1 Å². The summed E-state index contributed by atoms with van der Waals surface area (Å²) in [6, 6.07) is 0.181. The average molecular weight is 190 g/mol. The summed E-state index contributed by atoms with van der Waals surface area (Å²) in [5, 5.41) is 0. The van der Waals surface area contributed by atoms with E-state index in [1.54, 1.807) is 14.2 Å². The molecule has 4 nitrogen and oxygen atoms in total. The molecule has 0 rings (SSSR count). The summed E-state index contributed by atoms with van der Waals surface area (Å²) in [6.07, 6.45) is 1.11. The van der Waals surface area contributed by atoms with Gasteiger partial charge in [0, 0.05) is 26.9 Å². The molecule has 0 spiro atoms. The fraction of sp³-hybridized carbons (Fsp3) is 1.00. The molecular weight excluding hydrogens is 168 g/mol. The summed E-state index contributed by atoms with van der Waals surface area (Å²) in [5.41, 5.74) is 2.78. The van der Waals surface area contributed by atoms with E-state index in [1.807, 2.05) is 6.92 Å². The molecule has 0 bridgehead atoms. The molecule has 0 aromatic carbocycles. The van der Waals surface area contributed by atoms with E-state index in [1.165, 1.54) is 0 Å². The van der Waals surface area contributed by atoms with Gasteiger partial charge in [0.05, 0.1) is 6.10 Å². The lowest BCUT2D eigenvalue weighted by molar-refractivity contribution is 0.0560. The number of methoxy groups -OCH3 is 2. The molecule has 80 valence electrons. The smallest absolute Gasteiger partial charge is 0.0712 e. The second-order valence-electron chi connectivity index (χ2n) is 3.39. The van der Waals surface area contributed by atoms with Crippen LogP contribution in [0.15, 0.2) is 0 Å². The number of ether oxygens (including phenoxy) is 2. The third-order valence-electron chi connectivity index (χ3n) is 2.46. The van der Waals surface area contributed by atoms with Gasteiger partial charge in [0.1, 0.15) is 0 Å². The van der Waals surface area contributed by atoms with Crippen LogP contribution < -0.4 is 11.3 Å². The fourth-order valence-corrected chi connectivity index (χ4v) is 1.39. The van der Waals surface area contributed by atoms with Gasteiger partial charge in [-0.3, -0.25) is 11.3 Å². The molecular formula is C9H22N2O2. The van der Waals surface area contributed by atoms with Crippen LogP contribution in [0, 0.1) is 5.92 Å². The van der Waals surface area contributed by atoms with Crippen molar-refractivity contribution in [1.29, 1.82) is 0 Å². The van der Waals surface area contributed by atoms with Crippen molar-refractivity contribution in [3.05, 3.63) is 0 Å². The summed E-state index contributed by atoms with van der Waals surface area (Å²) in [4.78, 5) is 0. The van der Waals surface area contributed by atoms with E-state index in [2.05, 4.69) is 12.3 Å². The Hall–Kier alpha value is -0.160. The van der Waals surface area contributed by atoms with Crippen LogP contribution in [0.2, 0.25) is 0 Å². The van der Waals surface area contributed by atoms with E-state index in [4.69, 9.17) is 15.3 Å². The van der Waals surface area contributed by atoms with Crippen molar-refractivity contribution >= 4 is 0 Å². The quantitative estimate of drug-likeness (QED) is 0.454. The highest BCUT2D eigenvalue weighted by molar-refractivity contribution is 4.76. The first-order chi connectivity index (χ1) is 6.17. The molecule has 0 heterocycles. The van der Waals surface area contributed by atoms with Gasteiger partial charge in [0.15, 0.2) is 0 Å². The molecule has 0 aliphatic carbocycles. The van der Waals surface area contributed by atoms with Crippen molar-refractivity contribution in [3.63, 3.8) is 0 Å². The van der Waals surface area contributed by atoms with E-state index < -0.39 is 0 Å². The minimum atomic E-state index is 0.122. The van der Waals surface area contributed by atoms with Crippen LogP contribution in [0.1, 0.15) is 20.3 Å². The van der Waals surface area contributed by atoms with Gasteiger partial charge in [-0.1, -0.05) is 6.92 Å². The van der Waals surface area contributed by atoms with E-state index in [0.717, 1.165) is 13.0 Å². The van der Waals surface area contributed by atoms with Gasteiger partial charge >= 0.3 is 0 Å². The van der Waals surface area contributed by atoms with Crippen LogP contribution in [-0.4, -0.2) is 33.0 Å². The maximum Gasteiger partial charge on any atom is 0.0712 e. The molecule has 0 aliphatic rings. The zero-order valence-corrected chi connectivity index (χ0v) is 9.04. The summed E-state index contributed by atoms with van der Waals surface area (Å²) >= 11 is 0. The van der Waals surface area contributed by atoms with Gasteiger partial charge < -0.3 is 9.47 Å². The van der Waals surface area contributed by atoms with Crippen molar-refractivity contribution < 1.29 is 9.47 Å². The van der Waals surface area contributed by atoms with Gasteiger partial charge in [0.25, 0.3) is 0 Å². The second kappa shape index (κ2) is 7.26. The van der Waals surface area contributed by atoms with Gasteiger partial charge in [-0.2, -0.15) is 0 Å². The highest BCUT2D eigenvalue weighted by Gasteiger charge is 2.21. The molecule has 3 atom stereocenters. The lowest BCUT2D eigenvalue weighted by Crippen LogP contribution is -2.48. The molecule has 0 aliphatic heterocycles. The number of hydrogen-bond acceptors (Lipinski definition) is 4. The Kier molecular flexibility index (Phi) is 7.17. The van der Waals surface area contributed by atoms with Gasteiger partial charge in [-0.05, 0) is 19.3 Å². The average Bonchev–Trinajstić information content (AvgIpc) is 2.15. The minimum absolute atomic E-state index is 0.122. The summed E-state index contributed by atoms with van der Waals surface area (Å²) in [6.45, 7) is 4.91. The van der Waals surface area contributed by atoms with Gasteiger partial charge in [-0.15, -0.1) is 0 Å². The van der Waals surface area contributed by atoms with Crippen LogP contribution >= 0.6 is 0 Å². The largest absolute Gasteiger partial charge is 0.385 e. The Bertz CT molecular complexity index is 122. The van der Waals surface area contributed by atoms with Crippen molar-refractivity contribution in [1.82, 2.24) is 5.43 Å². The molecule has 4 heteroatoms. The molecule has 0 saturated heterocycles. The highest BCUT2D eigenvalue weighted by Crippen LogP contribution is 2.12. The zero-order chi connectivity index (χ0) is 10.3. The van der Waals surface area contributed by atoms with Crippen LogP contribution in [0.4, 0.5) is 0 Å². The monoisotopic (exact) mass is 190 g/mol. The Morgan fingerprint density at radius 2 is 1.92 bits per heavy atom. The van der Waals surface area contributed by atoms with E-state index >= 15 is 0 Å². The Morgan fingerprint density at radius 1 is 1.31 bits per heavy atom. The maximum atomic E-state index is 5.45. The second-order valence-corrected chi connectivity index (χ2v) is 3.39. The Labute approximate surface area is 80.7 Å². The van der Waals surface area contributed by atoms with Crippen LogP contribution in [0.3, 0.4) is 0 Å². The van der Waals surface area contributed by atoms with E-state index in [9.17, 15) is 0 Å². The number of rotatable bonds is 7. The molecule has 0 amide bonds. The number of nitrogens with two attached hydrogens (primary N) is 1.